The second-order valence-corrected chi connectivity index (χ2v) is 9.48. The number of nitrogens with one attached hydrogen (secondary N) is 3. The summed E-state index contributed by atoms with van der Waals surface area (Å²) in [6, 6.07) is 16.2. The molecule has 0 aromatic heterocycles. The molecule has 0 spiro atoms. The first kappa shape index (κ1) is 29.2. The lowest BCUT2D eigenvalue weighted by Gasteiger charge is -2.22. The van der Waals surface area contributed by atoms with Crippen LogP contribution < -0.4 is 21.7 Å². The van der Waals surface area contributed by atoms with Gasteiger partial charge in [-0.2, -0.15) is 0 Å². The molecule has 0 fully saturated rings. The highest BCUT2D eigenvalue weighted by molar-refractivity contribution is 5.90. The van der Waals surface area contributed by atoms with E-state index in [1.807, 2.05) is 48.5 Å². The summed E-state index contributed by atoms with van der Waals surface area (Å²) in [4.78, 5) is 49.4. The zero-order valence-electron chi connectivity index (χ0n) is 21.5. The van der Waals surface area contributed by atoms with Gasteiger partial charge in [-0.05, 0) is 44.7 Å². The molecule has 10 nitrogen and oxygen atoms in total. The minimum atomic E-state index is -1.03. The molecule has 0 saturated heterocycles. The van der Waals surface area contributed by atoms with Crippen molar-refractivity contribution in [2.75, 3.05) is 6.54 Å². The summed E-state index contributed by atoms with van der Waals surface area (Å²) in [5.41, 5.74) is 6.49. The first-order valence-corrected chi connectivity index (χ1v) is 12.1. The highest BCUT2D eigenvalue weighted by Crippen LogP contribution is 2.08. The first-order valence-electron chi connectivity index (χ1n) is 12.1. The van der Waals surface area contributed by atoms with Gasteiger partial charge in [0.1, 0.15) is 24.3 Å². The van der Waals surface area contributed by atoms with Crippen molar-refractivity contribution in [2.45, 2.75) is 64.3 Å². The Morgan fingerprint density at radius 1 is 0.838 bits per heavy atom. The van der Waals surface area contributed by atoms with Gasteiger partial charge in [0.05, 0.1) is 0 Å². The molecule has 37 heavy (non-hydrogen) atoms. The maximum Gasteiger partial charge on any atom is 0.408 e. The third-order valence-electron chi connectivity index (χ3n) is 5.10. The standard InChI is InChI=1S/C27H36N4O6/c1-27(2,3)37-25(34)29-16-10-15-21(31-26(35)36-18-20-13-8-5-9-14-20)24(33)30-22(23(28)32)17-19-11-6-4-7-12-19/h4-9,11-14,21-22H,10,15-18H2,1-3H3,(H2,28,32)(H,29,34)(H,30,33)(H,31,35)/t21-,22-/m0/s1. The average Bonchev–Trinajstić information content (AvgIpc) is 2.84. The van der Waals surface area contributed by atoms with Gasteiger partial charge >= 0.3 is 12.2 Å². The molecular formula is C27H36N4O6. The van der Waals surface area contributed by atoms with Crippen LogP contribution in [0.4, 0.5) is 9.59 Å². The van der Waals surface area contributed by atoms with Gasteiger partial charge in [0.15, 0.2) is 0 Å². The van der Waals surface area contributed by atoms with Crippen molar-refractivity contribution in [1.82, 2.24) is 16.0 Å². The predicted octanol–water partition coefficient (Wildman–Crippen LogP) is 2.80. The quantitative estimate of drug-likeness (QED) is 0.321. The lowest BCUT2D eigenvalue weighted by Crippen LogP contribution is -2.53. The Kier molecular flexibility index (Phi) is 11.4. The fourth-order valence-corrected chi connectivity index (χ4v) is 3.33. The van der Waals surface area contributed by atoms with Crippen molar-refractivity contribution in [1.29, 1.82) is 0 Å². The number of carbonyl (C=O) groups excluding carboxylic acids is 4. The van der Waals surface area contributed by atoms with Crippen molar-refractivity contribution in [3.8, 4) is 0 Å². The number of hydrogen-bond donors (Lipinski definition) is 4. The van der Waals surface area contributed by atoms with Gasteiger partial charge in [0.25, 0.3) is 0 Å². The molecule has 2 aromatic carbocycles. The smallest absolute Gasteiger partial charge is 0.408 e. The molecule has 0 unspecified atom stereocenters. The van der Waals surface area contributed by atoms with E-state index >= 15 is 0 Å². The Bertz CT molecular complexity index is 1020. The van der Waals surface area contributed by atoms with Gasteiger partial charge in [-0.25, -0.2) is 9.59 Å². The van der Waals surface area contributed by atoms with Crippen molar-refractivity contribution in [3.05, 3.63) is 71.8 Å². The summed E-state index contributed by atoms with van der Waals surface area (Å²) < 4.78 is 10.4. The monoisotopic (exact) mass is 512 g/mol. The van der Waals surface area contributed by atoms with Crippen LogP contribution in [0.1, 0.15) is 44.7 Å². The molecule has 0 radical (unpaired) electrons. The van der Waals surface area contributed by atoms with E-state index in [4.69, 9.17) is 15.2 Å². The van der Waals surface area contributed by atoms with Crippen LogP contribution >= 0.6 is 0 Å². The van der Waals surface area contributed by atoms with Crippen LogP contribution in [0.25, 0.3) is 0 Å². The molecule has 2 rings (SSSR count). The van der Waals surface area contributed by atoms with E-state index in [-0.39, 0.29) is 26.0 Å². The molecule has 5 N–H and O–H groups in total. The molecule has 0 bridgehead atoms. The van der Waals surface area contributed by atoms with Crippen LogP contribution in [0.5, 0.6) is 0 Å². The summed E-state index contributed by atoms with van der Waals surface area (Å²) in [5, 5.41) is 7.80. The summed E-state index contributed by atoms with van der Waals surface area (Å²) in [6.07, 6.45) is -0.661. The van der Waals surface area contributed by atoms with E-state index in [9.17, 15) is 19.2 Å². The number of ether oxygens (including phenoxy) is 2. The van der Waals surface area contributed by atoms with Crippen LogP contribution in [0.2, 0.25) is 0 Å². The van der Waals surface area contributed by atoms with E-state index in [0.717, 1.165) is 11.1 Å². The van der Waals surface area contributed by atoms with Crippen molar-refractivity contribution in [3.63, 3.8) is 0 Å². The van der Waals surface area contributed by atoms with Crippen LogP contribution in [-0.4, -0.2) is 48.2 Å². The van der Waals surface area contributed by atoms with Crippen molar-refractivity contribution < 1.29 is 28.7 Å². The molecule has 2 aromatic rings. The topological polar surface area (TPSA) is 149 Å². The molecular weight excluding hydrogens is 476 g/mol. The number of hydrogen-bond acceptors (Lipinski definition) is 6. The molecule has 0 heterocycles. The van der Waals surface area contributed by atoms with Gasteiger partial charge in [-0.3, -0.25) is 9.59 Å². The lowest BCUT2D eigenvalue weighted by atomic mass is 10.0. The largest absolute Gasteiger partial charge is 0.445 e. The Balaban J connectivity index is 1.99. The molecule has 0 saturated carbocycles. The third kappa shape index (κ3) is 11.9. The number of nitrogens with two attached hydrogens (primary N) is 1. The summed E-state index contributed by atoms with van der Waals surface area (Å²) in [6.45, 7) is 5.50. The number of carbonyl (C=O) groups is 4. The van der Waals surface area contributed by atoms with Gasteiger partial charge in [-0.15, -0.1) is 0 Å². The number of amides is 4. The number of benzene rings is 2. The zero-order valence-corrected chi connectivity index (χ0v) is 21.5. The molecule has 200 valence electrons. The minimum absolute atomic E-state index is 0.0269. The Hall–Kier alpha value is -4.08. The van der Waals surface area contributed by atoms with Crippen molar-refractivity contribution in [2.24, 2.45) is 5.73 Å². The van der Waals surface area contributed by atoms with E-state index in [1.54, 1.807) is 32.9 Å². The lowest BCUT2D eigenvalue weighted by molar-refractivity contribution is -0.128. The second-order valence-electron chi connectivity index (χ2n) is 9.48. The number of primary amides is 1. The fourth-order valence-electron chi connectivity index (χ4n) is 3.33. The summed E-state index contributed by atoms with van der Waals surface area (Å²) in [5.74, 6) is -1.29. The molecule has 2 atom stereocenters. The van der Waals surface area contributed by atoms with E-state index in [2.05, 4.69) is 16.0 Å². The maximum absolute atomic E-state index is 13.1. The fraction of sp³-hybridized carbons (Fsp3) is 0.407. The Labute approximate surface area is 217 Å². The minimum Gasteiger partial charge on any atom is -0.445 e. The summed E-state index contributed by atoms with van der Waals surface area (Å²) >= 11 is 0. The SMILES string of the molecule is CC(C)(C)OC(=O)NCCC[C@H](NC(=O)OCc1ccccc1)C(=O)N[C@@H](Cc1ccccc1)C(N)=O. The van der Waals surface area contributed by atoms with Crippen molar-refractivity contribution >= 4 is 24.0 Å². The Morgan fingerprint density at radius 3 is 2.00 bits per heavy atom. The first-order chi connectivity index (χ1) is 17.5. The van der Waals surface area contributed by atoms with Crippen LogP contribution in [0.3, 0.4) is 0 Å². The van der Waals surface area contributed by atoms with Gasteiger partial charge in [0, 0.05) is 13.0 Å². The third-order valence-corrected chi connectivity index (χ3v) is 5.10. The molecule has 4 amide bonds. The summed E-state index contributed by atoms with van der Waals surface area (Å²) in [7, 11) is 0. The molecule has 0 aliphatic carbocycles. The van der Waals surface area contributed by atoms with Gasteiger partial charge in [-0.1, -0.05) is 60.7 Å². The molecule has 0 aliphatic heterocycles. The van der Waals surface area contributed by atoms with E-state index in [0.29, 0.717) is 6.42 Å². The Morgan fingerprint density at radius 2 is 1.43 bits per heavy atom. The maximum atomic E-state index is 13.1. The average molecular weight is 513 g/mol. The molecule has 0 aliphatic rings. The van der Waals surface area contributed by atoms with E-state index in [1.165, 1.54) is 0 Å². The number of rotatable bonds is 12. The van der Waals surface area contributed by atoms with Gasteiger partial charge in [0.2, 0.25) is 11.8 Å². The second kappa shape index (κ2) is 14.5. The van der Waals surface area contributed by atoms with Gasteiger partial charge < -0.3 is 31.2 Å². The highest BCUT2D eigenvalue weighted by Gasteiger charge is 2.26. The highest BCUT2D eigenvalue weighted by atomic mass is 16.6. The van der Waals surface area contributed by atoms with Crippen LogP contribution in [-0.2, 0) is 32.1 Å². The molecule has 10 heteroatoms. The predicted molar refractivity (Wildman–Crippen MR) is 138 cm³/mol. The number of alkyl carbamates (subject to hydrolysis) is 2. The van der Waals surface area contributed by atoms with Crippen LogP contribution in [0.15, 0.2) is 60.7 Å². The van der Waals surface area contributed by atoms with E-state index < -0.39 is 41.7 Å². The normalized spacial score (nSPS) is 12.5. The zero-order chi connectivity index (χ0) is 27.3. The van der Waals surface area contributed by atoms with Crippen LogP contribution in [0, 0.1) is 0 Å².